The maximum atomic E-state index is 11.9. The van der Waals surface area contributed by atoms with E-state index in [4.69, 9.17) is 0 Å². The van der Waals surface area contributed by atoms with Crippen LogP contribution in [0.5, 0.6) is 0 Å². The molecule has 0 aromatic carbocycles. The third-order valence-electron chi connectivity index (χ3n) is 3.23. The minimum Gasteiger partial charge on any atom is -0.480 e. The van der Waals surface area contributed by atoms with Gasteiger partial charge in [-0.2, -0.15) is 0 Å². The van der Waals surface area contributed by atoms with E-state index >= 15 is 0 Å². The van der Waals surface area contributed by atoms with Gasteiger partial charge >= 0.3 is 5.97 Å². The largest absolute Gasteiger partial charge is 0.480 e. The standard InChI is InChI=1S/C11H20N2O3/c1-4-7(2)9(11(15)16)13-6-5-12-8(3)10(13)14/h7-9,12H,4-6H2,1-3H3,(H,15,16)/t7-,8?,9-/m0/s1. The Morgan fingerprint density at radius 2 is 2.31 bits per heavy atom. The Kier molecular flexibility index (Phi) is 4.29. The summed E-state index contributed by atoms with van der Waals surface area (Å²) in [5.74, 6) is -1.04. The molecule has 0 radical (unpaired) electrons. The smallest absolute Gasteiger partial charge is 0.326 e. The highest BCUT2D eigenvalue weighted by molar-refractivity contribution is 5.87. The molecule has 1 unspecified atom stereocenters. The molecule has 0 aromatic heterocycles. The van der Waals surface area contributed by atoms with E-state index < -0.39 is 12.0 Å². The third-order valence-corrected chi connectivity index (χ3v) is 3.23. The first-order valence-corrected chi connectivity index (χ1v) is 5.75. The number of carbonyl (C=O) groups excluding carboxylic acids is 1. The van der Waals surface area contributed by atoms with Gasteiger partial charge in [0.05, 0.1) is 6.04 Å². The number of nitrogens with one attached hydrogen (secondary N) is 1. The van der Waals surface area contributed by atoms with Crippen molar-refractivity contribution < 1.29 is 14.7 Å². The number of piperazine rings is 1. The number of carboxylic acids is 1. The molecule has 92 valence electrons. The molecule has 1 saturated heterocycles. The van der Waals surface area contributed by atoms with Gasteiger partial charge in [0.2, 0.25) is 5.91 Å². The summed E-state index contributed by atoms with van der Waals surface area (Å²) in [4.78, 5) is 24.6. The second-order valence-electron chi connectivity index (χ2n) is 4.38. The predicted molar refractivity (Wildman–Crippen MR) is 60.1 cm³/mol. The number of carbonyl (C=O) groups is 2. The van der Waals surface area contributed by atoms with Crippen molar-refractivity contribution in [2.75, 3.05) is 13.1 Å². The molecule has 0 bridgehead atoms. The summed E-state index contributed by atoms with van der Waals surface area (Å²) in [6.45, 7) is 6.72. The lowest BCUT2D eigenvalue weighted by Gasteiger charge is -2.37. The molecule has 1 aliphatic rings. The zero-order valence-electron chi connectivity index (χ0n) is 10.1. The average Bonchev–Trinajstić information content (AvgIpc) is 2.24. The number of rotatable bonds is 4. The van der Waals surface area contributed by atoms with Gasteiger partial charge in [0.25, 0.3) is 0 Å². The Hall–Kier alpha value is -1.10. The van der Waals surface area contributed by atoms with Crippen LogP contribution < -0.4 is 5.32 Å². The molecule has 0 aromatic rings. The average molecular weight is 228 g/mol. The number of hydrogen-bond acceptors (Lipinski definition) is 3. The van der Waals surface area contributed by atoms with Crippen LogP contribution in [0.1, 0.15) is 27.2 Å². The molecule has 0 saturated carbocycles. The van der Waals surface area contributed by atoms with Crippen LogP contribution in [0.3, 0.4) is 0 Å². The molecule has 5 heteroatoms. The van der Waals surface area contributed by atoms with Crippen molar-refractivity contribution in [2.45, 2.75) is 39.3 Å². The van der Waals surface area contributed by atoms with Crippen LogP contribution in [0.25, 0.3) is 0 Å². The molecule has 1 heterocycles. The molecule has 0 spiro atoms. The molecule has 5 nitrogen and oxygen atoms in total. The summed E-state index contributed by atoms with van der Waals surface area (Å²) in [6, 6.07) is -0.971. The van der Waals surface area contributed by atoms with E-state index in [1.807, 2.05) is 13.8 Å². The van der Waals surface area contributed by atoms with Gasteiger partial charge in [-0.05, 0) is 12.8 Å². The highest BCUT2D eigenvalue weighted by Crippen LogP contribution is 2.17. The Morgan fingerprint density at radius 1 is 1.69 bits per heavy atom. The summed E-state index contributed by atoms with van der Waals surface area (Å²) in [7, 11) is 0. The monoisotopic (exact) mass is 228 g/mol. The number of nitrogens with zero attached hydrogens (tertiary/aromatic N) is 1. The molecule has 2 N–H and O–H groups in total. The van der Waals surface area contributed by atoms with Crippen LogP contribution in [-0.4, -0.2) is 47.1 Å². The lowest BCUT2D eigenvalue weighted by molar-refractivity contribution is -0.154. The number of amides is 1. The van der Waals surface area contributed by atoms with Crippen molar-refractivity contribution in [3.63, 3.8) is 0 Å². The van der Waals surface area contributed by atoms with Crippen molar-refractivity contribution in [3.05, 3.63) is 0 Å². The molecule has 16 heavy (non-hydrogen) atoms. The second kappa shape index (κ2) is 5.30. The van der Waals surface area contributed by atoms with E-state index in [1.165, 1.54) is 4.90 Å². The molecular formula is C11H20N2O3. The zero-order chi connectivity index (χ0) is 12.3. The SMILES string of the molecule is CC[C@H](C)[C@@H](C(=O)O)N1CCNC(C)C1=O. The molecule has 1 fully saturated rings. The fraction of sp³-hybridized carbons (Fsp3) is 0.818. The minimum absolute atomic E-state index is 0.0215. The van der Waals surface area contributed by atoms with Crippen LogP contribution in [0.15, 0.2) is 0 Å². The summed E-state index contributed by atoms with van der Waals surface area (Å²) in [5, 5.41) is 12.2. The van der Waals surface area contributed by atoms with Crippen molar-refractivity contribution in [1.29, 1.82) is 0 Å². The number of aliphatic carboxylic acids is 1. The van der Waals surface area contributed by atoms with E-state index in [9.17, 15) is 14.7 Å². The molecular weight excluding hydrogens is 208 g/mol. The van der Waals surface area contributed by atoms with Crippen LogP contribution in [0, 0.1) is 5.92 Å². The summed E-state index contributed by atoms with van der Waals surface area (Å²) in [5.41, 5.74) is 0. The summed E-state index contributed by atoms with van der Waals surface area (Å²) < 4.78 is 0. The van der Waals surface area contributed by atoms with Gasteiger partial charge in [0.15, 0.2) is 0 Å². The third kappa shape index (κ3) is 2.52. The first kappa shape index (κ1) is 13.0. The fourth-order valence-electron chi connectivity index (χ4n) is 2.03. The van der Waals surface area contributed by atoms with Crippen molar-refractivity contribution in [3.8, 4) is 0 Å². The first-order valence-electron chi connectivity index (χ1n) is 5.75. The Bertz CT molecular complexity index is 280. The summed E-state index contributed by atoms with van der Waals surface area (Å²) in [6.07, 6.45) is 0.753. The highest BCUT2D eigenvalue weighted by atomic mass is 16.4. The molecule has 1 rings (SSSR count). The van der Waals surface area contributed by atoms with Gasteiger partial charge < -0.3 is 15.3 Å². The van der Waals surface area contributed by atoms with Crippen molar-refractivity contribution >= 4 is 11.9 Å². The van der Waals surface area contributed by atoms with Crippen LogP contribution in [0.2, 0.25) is 0 Å². The van der Waals surface area contributed by atoms with E-state index in [2.05, 4.69) is 5.32 Å². The molecule has 1 aliphatic heterocycles. The van der Waals surface area contributed by atoms with Crippen LogP contribution >= 0.6 is 0 Å². The fourth-order valence-corrected chi connectivity index (χ4v) is 2.03. The number of carboxylic acid groups (broad SMARTS) is 1. The topological polar surface area (TPSA) is 69.6 Å². The molecule has 0 aliphatic carbocycles. The van der Waals surface area contributed by atoms with Gasteiger partial charge in [-0.3, -0.25) is 4.79 Å². The Balaban J connectivity index is 2.85. The van der Waals surface area contributed by atoms with Crippen LogP contribution in [0.4, 0.5) is 0 Å². The second-order valence-corrected chi connectivity index (χ2v) is 4.38. The maximum Gasteiger partial charge on any atom is 0.326 e. The normalized spacial score (nSPS) is 25.3. The van der Waals surface area contributed by atoms with Crippen molar-refractivity contribution in [1.82, 2.24) is 10.2 Å². The van der Waals surface area contributed by atoms with E-state index in [-0.39, 0.29) is 17.9 Å². The van der Waals surface area contributed by atoms with Gasteiger partial charge in [0, 0.05) is 13.1 Å². The molecule has 1 amide bonds. The van der Waals surface area contributed by atoms with Crippen molar-refractivity contribution in [2.24, 2.45) is 5.92 Å². The summed E-state index contributed by atoms with van der Waals surface area (Å²) >= 11 is 0. The van der Waals surface area contributed by atoms with Gasteiger partial charge in [-0.25, -0.2) is 4.79 Å². The van der Waals surface area contributed by atoms with Gasteiger partial charge in [-0.15, -0.1) is 0 Å². The van der Waals surface area contributed by atoms with E-state index in [0.29, 0.717) is 13.1 Å². The zero-order valence-corrected chi connectivity index (χ0v) is 10.1. The minimum atomic E-state index is -0.906. The maximum absolute atomic E-state index is 11.9. The van der Waals surface area contributed by atoms with Gasteiger partial charge in [0.1, 0.15) is 6.04 Å². The van der Waals surface area contributed by atoms with Gasteiger partial charge in [-0.1, -0.05) is 20.3 Å². The molecule has 3 atom stereocenters. The Morgan fingerprint density at radius 3 is 2.81 bits per heavy atom. The Labute approximate surface area is 95.8 Å². The number of hydrogen-bond donors (Lipinski definition) is 2. The highest BCUT2D eigenvalue weighted by Gasteiger charge is 2.36. The first-order chi connectivity index (χ1) is 7.49. The lowest BCUT2D eigenvalue weighted by atomic mass is 9.96. The quantitative estimate of drug-likeness (QED) is 0.726. The van der Waals surface area contributed by atoms with E-state index in [1.54, 1.807) is 6.92 Å². The van der Waals surface area contributed by atoms with Crippen LogP contribution in [-0.2, 0) is 9.59 Å². The van der Waals surface area contributed by atoms with E-state index in [0.717, 1.165) is 6.42 Å². The lowest BCUT2D eigenvalue weighted by Crippen LogP contribution is -2.60. The predicted octanol–water partition coefficient (Wildman–Crippen LogP) is 0.306.